The molecule has 0 aliphatic heterocycles. The van der Waals surface area contributed by atoms with Crippen LogP contribution in [0.2, 0.25) is 0 Å². The first kappa shape index (κ1) is 17.1. The molecule has 0 nitrogen and oxygen atoms in total. The molecule has 108 valence electrons. The average Bonchev–Trinajstić information content (AvgIpc) is 2.43. The maximum Gasteiger partial charge on any atom is 0.143 e. The highest BCUT2D eigenvalue weighted by molar-refractivity contribution is 9.10. The Hall–Kier alpha value is 0.0400. The molecule has 0 fully saturated rings. The molecule has 19 heavy (non-hydrogen) atoms. The SMILES string of the molecule is CCCCC(CC)(CBr)Cc1c(F)ccc(Br)c1F. The number of benzene rings is 1. The van der Waals surface area contributed by atoms with Crippen LogP contribution in [0.25, 0.3) is 0 Å². The number of unbranched alkanes of at least 4 members (excludes halogenated alkanes) is 1. The van der Waals surface area contributed by atoms with Gasteiger partial charge in [-0.15, -0.1) is 0 Å². The van der Waals surface area contributed by atoms with Crippen LogP contribution in [0.4, 0.5) is 8.78 Å². The first-order valence-electron chi connectivity index (χ1n) is 6.68. The minimum Gasteiger partial charge on any atom is -0.207 e. The van der Waals surface area contributed by atoms with E-state index in [9.17, 15) is 8.78 Å². The predicted octanol–water partition coefficient (Wildman–Crippen LogP) is 6.25. The van der Waals surface area contributed by atoms with E-state index in [1.807, 2.05) is 0 Å². The lowest BCUT2D eigenvalue weighted by Gasteiger charge is -2.31. The van der Waals surface area contributed by atoms with Crippen molar-refractivity contribution in [2.75, 3.05) is 5.33 Å². The molecule has 1 aromatic rings. The smallest absolute Gasteiger partial charge is 0.143 e. The first-order valence-corrected chi connectivity index (χ1v) is 8.59. The maximum absolute atomic E-state index is 14.1. The summed E-state index contributed by atoms with van der Waals surface area (Å²) in [6.07, 6.45) is 4.50. The summed E-state index contributed by atoms with van der Waals surface area (Å²) in [5.41, 5.74) is 0.130. The number of hydrogen-bond acceptors (Lipinski definition) is 0. The van der Waals surface area contributed by atoms with Gasteiger partial charge in [0, 0.05) is 10.9 Å². The summed E-state index contributed by atoms with van der Waals surface area (Å²) in [7, 11) is 0. The van der Waals surface area contributed by atoms with Crippen molar-refractivity contribution in [3.63, 3.8) is 0 Å². The molecule has 0 spiro atoms. The maximum atomic E-state index is 14.1. The van der Waals surface area contributed by atoms with Crippen molar-refractivity contribution in [3.05, 3.63) is 33.8 Å². The van der Waals surface area contributed by atoms with Gasteiger partial charge in [-0.3, -0.25) is 0 Å². The van der Waals surface area contributed by atoms with Crippen LogP contribution in [-0.2, 0) is 6.42 Å². The van der Waals surface area contributed by atoms with Crippen LogP contribution in [-0.4, -0.2) is 5.33 Å². The second kappa shape index (κ2) is 7.72. The van der Waals surface area contributed by atoms with Crippen LogP contribution in [0.3, 0.4) is 0 Å². The molecule has 0 amide bonds. The zero-order chi connectivity index (χ0) is 14.5. The van der Waals surface area contributed by atoms with Crippen molar-refractivity contribution >= 4 is 31.9 Å². The Morgan fingerprint density at radius 1 is 1.21 bits per heavy atom. The molecule has 0 heterocycles. The van der Waals surface area contributed by atoms with E-state index in [0.717, 1.165) is 31.0 Å². The fourth-order valence-corrected chi connectivity index (χ4v) is 3.50. The third-order valence-corrected chi connectivity index (χ3v) is 5.59. The van der Waals surface area contributed by atoms with E-state index in [0.29, 0.717) is 10.9 Å². The predicted molar refractivity (Wildman–Crippen MR) is 83.8 cm³/mol. The summed E-state index contributed by atoms with van der Waals surface area (Å²) in [5.74, 6) is -0.911. The number of halogens is 4. The molecule has 1 atom stereocenters. The normalized spacial score (nSPS) is 14.4. The summed E-state index contributed by atoms with van der Waals surface area (Å²) in [4.78, 5) is 0. The second-order valence-corrected chi connectivity index (χ2v) is 6.50. The van der Waals surface area contributed by atoms with E-state index in [1.54, 1.807) is 0 Å². The zero-order valence-corrected chi connectivity index (χ0v) is 14.6. The van der Waals surface area contributed by atoms with Crippen molar-refractivity contribution in [2.45, 2.75) is 46.0 Å². The quantitative estimate of drug-likeness (QED) is 0.376. The van der Waals surface area contributed by atoms with Crippen LogP contribution in [0, 0.1) is 17.0 Å². The fraction of sp³-hybridized carbons (Fsp3) is 0.600. The minimum atomic E-state index is -0.463. The van der Waals surface area contributed by atoms with Gasteiger partial charge < -0.3 is 0 Å². The molecule has 1 unspecified atom stereocenters. The van der Waals surface area contributed by atoms with Crippen molar-refractivity contribution in [1.29, 1.82) is 0 Å². The summed E-state index contributed by atoms with van der Waals surface area (Å²) in [5, 5.41) is 0.766. The highest BCUT2D eigenvalue weighted by atomic mass is 79.9. The Morgan fingerprint density at radius 3 is 2.42 bits per heavy atom. The van der Waals surface area contributed by atoms with Crippen molar-refractivity contribution in [3.8, 4) is 0 Å². The number of hydrogen-bond donors (Lipinski definition) is 0. The largest absolute Gasteiger partial charge is 0.207 e. The molecule has 0 N–H and O–H groups in total. The van der Waals surface area contributed by atoms with Crippen LogP contribution in [0.5, 0.6) is 0 Å². The van der Waals surface area contributed by atoms with E-state index >= 15 is 0 Å². The van der Waals surface area contributed by atoms with Gasteiger partial charge in [0.25, 0.3) is 0 Å². The van der Waals surface area contributed by atoms with Gasteiger partial charge in [-0.25, -0.2) is 8.78 Å². The van der Waals surface area contributed by atoms with E-state index < -0.39 is 11.6 Å². The molecule has 0 saturated carbocycles. The van der Waals surface area contributed by atoms with E-state index in [4.69, 9.17) is 0 Å². The molecular formula is C15H20Br2F2. The monoisotopic (exact) mass is 396 g/mol. The zero-order valence-electron chi connectivity index (χ0n) is 11.4. The van der Waals surface area contributed by atoms with E-state index in [2.05, 4.69) is 45.7 Å². The Balaban J connectivity index is 3.06. The van der Waals surface area contributed by atoms with Gasteiger partial charge in [0.1, 0.15) is 11.6 Å². The van der Waals surface area contributed by atoms with Crippen LogP contribution in [0.15, 0.2) is 16.6 Å². The molecule has 0 aliphatic rings. The molecule has 0 aliphatic carbocycles. The fourth-order valence-electron chi connectivity index (χ4n) is 2.26. The van der Waals surface area contributed by atoms with Crippen LogP contribution < -0.4 is 0 Å². The summed E-state index contributed by atoms with van der Waals surface area (Å²) >= 11 is 6.66. The van der Waals surface area contributed by atoms with Crippen LogP contribution in [0.1, 0.15) is 45.1 Å². The highest BCUT2D eigenvalue weighted by Crippen LogP contribution is 2.37. The van der Waals surface area contributed by atoms with Gasteiger partial charge in [-0.2, -0.15) is 0 Å². The van der Waals surface area contributed by atoms with Crippen molar-refractivity contribution in [2.24, 2.45) is 5.41 Å². The lowest BCUT2D eigenvalue weighted by atomic mass is 9.77. The topological polar surface area (TPSA) is 0 Å². The molecule has 1 aromatic carbocycles. The van der Waals surface area contributed by atoms with E-state index in [-0.39, 0.29) is 11.0 Å². The molecule has 1 rings (SSSR count). The van der Waals surface area contributed by atoms with Crippen LogP contribution >= 0.6 is 31.9 Å². The van der Waals surface area contributed by atoms with E-state index in [1.165, 1.54) is 12.1 Å². The summed E-state index contributed by atoms with van der Waals surface area (Å²) < 4.78 is 28.3. The van der Waals surface area contributed by atoms with Gasteiger partial charge in [-0.1, -0.05) is 42.6 Å². The van der Waals surface area contributed by atoms with Gasteiger partial charge in [0.15, 0.2) is 0 Å². The third kappa shape index (κ3) is 4.25. The van der Waals surface area contributed by atoms with Gasteiger partial charge >= 0.3 is 0 Å². The summed E-state index contributed by atoms with van der Waals surface area (Å²) in [6.45, 7) is 4.22. The second-order valence-electron chi connectivity index (χ2n) is 5.09. The Morgan fingerprint density at radius 2 is 1.89 bits per heavy atom. The molecule has 0 bridgehead atoms. The lowest BCUT2D eigenvalue weighted by molar-refractivity contribution is 0.276. The lowest BCUT2D eigenvalue weighted by Crippen LogP contribution is -2.26. The Kier molecular flexibility index (Phi) is 6.95. The van der Waals surface area contributed by atoms with Gasteiger partial charge in [0.05, 0.1) is 4.47 Å². The molecule has 0 saturated heterocycles. The van der Waals surface area contributed by atoms with Gasteiger partial charge in [0.2, 0.25) is 0 Å². The number of alkyl halides is 1. The number of rotatable bonds is 7. The molecule has 4 heteroatoms. The van der Waals surface area contributed by atoms with Crippen molar-refractivity contribution < 1.29 is 8.78 Å². The molecule has 0 aromatic heterocycles. The Bertz CT molecular complexity index is 415. The Labute approximate surface area is 131 Å². The first-order chi connectivity index (χ1) is 8.99. The highest BCUT2D eigenvalue weighted by Gasteiger charge is 2.29. The molecule has 0 radical (unpaired) electrons. The minimum absolute atomic E-state index is 0.0709. The summed E-state index contributed by atoms with van der Waals surface area (Å²) in [6, 6.07) is 2.75. The standard InChI is InChI=1S/C15H20Br2F2/c1-3-5-8-15(4-2,10-16)9-11-13(18)7-6-12(17)14(11)19/h6-7H,3-5,8-10H2,1-2H3. The molecular weight excluding hydrogens is 378 g/mol. The third-order valence-electron chi connectivity index (χ3n) is 3.78. The van der Waals surface area contributed by atoms with Crippen molar-refractivity contribution in [1.82, 2.24) is 0 Å². The average molecular weight is 398 g/mol. The van der Waals surface area contributed by atoms with Gasteiger partial charge in [-0.05, 0) is 52.7 Å².